The Morgan fingerprint density at radius 1 is 1.23 bits per heavy atom. The summed E-state index contributed by atoms with van der Waals surface area (Å²) in [5.41, 5.74) is 0.231. The molecular formula is C18H12ClF3O4. The van der Waals surface area contributed by atoms with Crippen LogP contribution in [0.15, 0.2) is 42.0 Å². The average Bonchev–Trinajstić information content (AvgIpc) is 2.55. The Bertz CT molecular complexity index is 889. The lowest BCUT2D eigenvalue weighted by Gasteiger charge is -2.27. The molecule has 2 aromatic carbocycles. The Morgan fingerprint density at radius 2 is 1.88 bits per heavy atom. The minimum Gasteiger partial charge on any atom is -0.478 e. The Morgan fingerprint density at radius 3 is 2.46 bits per heavy atom. The molecule has 4 nitrogen and oxygen atoms in total. The highest BCUT2D eigenvalue weighted by atomic mass is 35.5. The zero-order valence-corrected chi connectivity index (χ0v) is 14.1. The smallest absolute Gasteiger partial charge is 0.430 e. The lowest BCUT2D eigenvalue weighted by Crippen LogP contribution is -2.40. The van der Waals surface area contributed by atoms with E-state index in [2.05, 4.69) is 0 Å². The summed E-state index contributed by atoms with van der Waals surface area (Å²) in [5.74, 6) is -1.33. The number of benzene rings is 2. The summed E-state index contributed by atoms with van der Waals surface area (Å²) in [7, 11) is 0. The van der Waals surface area contributed by atoms with E-state index >= 15 is 0 Å². The van der Waals surface area contributed by atoms with Crippen molar-refractivity contribution in [3.8, 4) is 17.2 Å². The van der Waals surface area contributed by atoms with Gasteiger partial charge in [0.25, 0.3) is 0 Å². The standard InChI is InChI=1S/C18H12ClF3O4/c1-9-2-4-11(5-3-9)25-15-8-14-10(7-13(15)19)6-12(17(23)24)16(26-14)18(20,21)22/h2-8,16H,1H3,(H,23,24). The summed E-state index contributed by atoms with van der Waals surface area (Å²) in [4.78, 5) is 11.1. The Labute approximate surface area is 151 Å². The second-order valence-corrected chi connectivity index (χ2v) is 6.09. The predicted molar refractivity (Wildman–Crippen MR) is 88.8 cm³/mol. The molecule has 1 unspecified atom stereocenters. The lowest BCUT2D eigenvalue weighted by atomic mass is 10.0. The summed E-state index contributed by atoms with van der Waals surface area (Å²) in [6.07, 6.45) is -6.54. The number of hydrogen-bond acceptors (Lipinski definition) is 3. The molecule has 8 heteroatoms. The van der Waals surface area contributed by atoms with E-state index in [-0.39, 0.29) is 22.1 Å². The largest absolute Gasteiger partial charge is 0.478 e. The van der Waals surface area contributed by atoms with E-state index in [0.717, 1.165) is 11.6 Å². The minimum absolute atomic E-state index is 0.0994. The molecule has 0 amide bonds. The molecule has 26 heavy (non-hydrogen) atoms. The van der Waals surface area contributed by atoms with Gasteiger partial charge >= 0.3 is 12.1 Å². The third-order valence-corrected chi connectivity index (χ3v) is 3.99. The van der Waals surface area contributed by atoms with E-state index in [1.807, 2.05) is 6.92 Å². The number of ether oxygens (including phenoxy) is 2. The summed E-state index contributed by atoms with van der Waals surface area (Å²) >= 11 is 6.12. The number of carboxylic acids is 1. The van der Waals surface area contributed by atoms with Crippen molar-refractivity contribution in [1.82, 2.24) is 0 Å². The van der Waals surface area contributed by atoms with Crippen LogP contribution in [-0.4, -0.2) is 23.4 Å². The SMILES string of the molecule is Cc1ccc(Oc2cc3c(cc2Cl)C=C(C(=O)O)C(C(F)(F)F)O3)cc1. The normalized spacial score (nSPS) is 16.3. The maximum atomic E-state index is 13.1. The van der Waals surface area contributed by atoms with Crippen molar-refractivity contribution in [2.45, 2.75) is 19.2 Å². The summed E-state index contributed by atoms with van der Waals surface area (Å²) in [5, 5.41) is 9.14. The van der Waals surface area contributed by atoms with Crippen LogP contribution in [0.5, 0.6) is 17.2 Å². The highest BCUT2D eigenvalue weighted by molar-refractivity contribution is 6.32. The first-order valence-corrected chi connectivity index (χ1v) is 7.79. The van der Waals surface area contributed by atoms with Crippen LogP contribution in [0.2, 0.25) is 5.02 Å². The maximum absolute atomic E-state index is 13.1. The molecule has 0 saturated carbocycles. The van der Waals surface area contributed by atoms with Crippen molar-refractivity contribution in [3.05, 3.63) is 58.1 Å². The lowest BCUT2D eigenvalue weighted by molar-refractivity contribution is -0.187. The first-order valence-electron chi connectivity index (χ1n) is 7.41. The number of fused-ring (bicyclic) bond motifs is 1. The first kappa shape index (κ1) is 18.1. The van der Waals surface area contributed by atoms with Crippen LogP contribution in [0.25, 0.3) is 6.08 Å². The van der Waals surface area contributed by atoms with Crippen LogP contribution in [0.1, 0.15) is 11.1 Å². The molecule has 3 rings (SSSR count). The topological polar surface area (TPSA) is 55.8 Å². The van der Waals surface area contributed by atoms with Gasteiger partial charge in [0, 0.05) is 11.6 Å². The number of hydrogen-bond donors (Lipinski definition) is 1. The molecule has 0 radical (unpaired) electrons. The van der Waals surface area contributed by atoms with Crippen LogP contribution >= 0.6 is 11.6 Å². The first-order chi connectivity index (χ1) is 12.1. The number of aliphatic carboxylic acids is 1. The molecule has 136 valence electrons. The molecule has 1 aliphatic heterocycles. The van der Waals surface area contributed by atoms with E-state index in [1.54, 1.807) is 24.3 Å². The van der Waals surface area contributed by atoms with Gasteiger partial charge in [0.2, 0.25) is 6.10 Å². The third-order valence-electron chi connectivity index (χ3n) is 3.70. The van der Waals surface area contributed by atoms with Gasteiger partial charge < -0.3 is 14.6 Å². The molecule has 0 aromatic heterocycles. The van der Waals surface area contributed by atoms with Crippen molar-refractivity contribution in [1.29, 1.82) is 0 Å². The van der Waals surface area contributed by atoms with Gasteiger partial charge in [-0.2, -0.15) is 13.2 Å². The fourth-order valence-corrected chi connectivity index (χ4v) is 2.64. The molecule has 1 atom stereocenters. The number of carboxylic acid groups (broad SMARTS) is 1. The van der Waals surface area contributed by atoms with Crippen LogP contribution in [0.3, 0.4) is 0 Å². The van der Waals surface area contributed by atoms with E-state index in [0.29, 0.717) is 5.75 Å². The molecule has 0 fully saturated rings. The second kappa shape index (κ2) is 6.57. The summed E-state index contributed by atoms with van der Waals surface area (Å²) < 4.78 is 49.9. The zero-order valence-electron chi connectivity index (χ0n) is 13.3. The van der Waals surface area contributed by atoms with Gasteiger partial charge in [-0.3, -0.25) is 0 Å². The van der Waals surface area contributed by atoms with Crippen molar-refractivity contribution < 1.29 is 32.5 Å². The molecule has 2 aromatic rings. The van der Waals surface area contributed by atoms with E-state index in [1.165, 1.54) is 12.1 Å². The number of carbonyl (C=O) groups is 1. The van der Waals surface area contributed by atoms with Crippen molar-refractivity contribution in [3.63, 3.8) is 0 Å². The number of halogens is 4. The van der Waals surface area contributed by atoms with Gasteiger partial charge in [0.1, 0.15) is 17.2 Å². The zero-order chi connectivity index (χ0) is 19.1. The summed E-state index contributed by atoms with van der Waals surface area (Å²) in [6.45, 7) is 1.90. The second-order valence-electron chi connectivity index (χ2n) is 5.68. The van der Waals surface area contributed by atoms with Gasteiger partial charge in [0.05, 0.1) is 10.6 Å². The minimum atomic E-state index is -4.88. The monoisotopic (exact) mass is 384 g/mol. The van der Waals surface area contributed by atoms with Crippen LogP contribution < -0.4 is 9.47 Å². The van der Waals surface area contributed by atoms with E-state index < -0.39 is 23.8 Å². The van der Waals surface area contributed by atoms with E-state index in [9.17, 15) is 18.0 Å². The van der Waals surface area contributed by atoms with E-state index in [4.69, 9.17) is 26.2 Å². The molecule has 1 heterocycles. The van der Waals surface area contributed by atoms with Crippen LogP contribution in [0.4, 0.5) is 13.2 Å². The molecule has 1 aliphatic rings. The molecular weight excluding hydrogens is 373 g/mol. The number of alkyl halides is 3. The van der Waals surface area contributed by atoms with Gasteiger partial charge in [-0.25, -0.2) is 4.79 Å². The number of aryl methyl sites for hydroxylation is 1. The van der Waals surface area contributed by atoms with Gasteiger partial charge in [-0.15, -0.1) is 0 Å². The molecule has 0 saturated heterocycles. The molecule has 0 aliphatic carbocycles. The van der Waals surface area contributed by atoms with Gasteiger partial charge in [-0.1, -0.05) is 29.3 Å². The van der Waals surface area contributed by atoms with Crippen molar-refractivity contribution in [2.24, 2.45) is 0 Å². The fraction of sp³-hybridized carbons (Fsp3) is 0.167. The van der Waals surface area contributed by atoms with Crippen LogP contribution in [-0.2, 0) is 4.79 Å². The van der Waals surface area contributed by atoms with Crippen molar-refractivity contribution in [2.75, 3.05) is 0 Å². The molecule has 0 bridgehead atoms. The Hall–Kier alpha value is -2.67. The third kappa shape index (κ3) is 3.62. The fourth-order valence-electron chi connectivity index (χ4n) is 2.43. The Kier molecular flexibility index (Phi) is 4.58. The number of rotatable bonds is 3. The van der Waals surface area contributed by atoms with Gasteiger partial charge in [0.15, 0.2) is 0 Å². The average molecular weight is 385 g/mol. The Balaban J connectivity index is 2.00. The molecule has 0 spiro atoms. The highest BCUT2D eigenvalue weighted by Gasteiger charge is 2.48. The van der Waals surface area contributed by atoms with Crippen LogP contribution in [0, 0.1) is 6.92 Å². The summed E-state index contributed by atoms with van der Waals surface area (Å²) in [6, 6.07) is 9.50. The predicted octanol–water partition coefficient (Wildman–Crippen LogP) is 5.23. The highest BCUT2D eigenvalue weighted by Crippen LogP contribution is 2.42. The maximum Gasteiger partial charge on any atom is 0.430 e. The van der Waals surface area contributed by atoms with Gasteiger partial charge in [-0.05, 0) is 31.2 Å². The van der Waals surface area contributed by atoms with Crippen molar-refractivity contribution >= 4 is 23.6 Å². The quantitative estimate of drug-likeness (QED) is 0.787. The molecule has 1 N–H and O–H groups in total.